The molecule has 0 aliphatic heterocycles. The molecule has 0 fully saturated rings. The van der Waals surface area contributed by atoms with Gasteiger partial charge < -0.3 is 19.9 Å². The van der Waals surface area contributed by atoms with Crippen LogP contribution in [0.1, 0.15) is 114 Å². The standard InChI is InChI=1S/C31H48ClN5O4/c1-5-6-7-8-9-10-11-12-13-14-15-26(41-24-16-17-25(23(4)20-24)40-19-18-38)31(39)33-21-27-34-30-28(32)29(22(2)3)36-37(30)35-27/h16-17,20,22,26,36,38H,5-15,18-19,21H2,1-4H3,(H,33,39). The molecule has 0 aliphatic carbocycles. The first-order valence-corrected chi connectivity index (χ1v) is 15.6. The number of aliphatic hydroxyl groups excluding tert-OH is 1. The average Bonchev–Trinajstić information content (AvgIpc) is 3.50. The van der Waals surface area contributed by atoms with E-state index in [-0.39, 0.29) is 31.6 Å². The van der Waals surface area contributed by atoms with Crippen molar-refractivity contribution in [2.75, 3.05) is 13.2 Å². The lowest BCUT2D eigenvalue weighted by Crippen LogP contribution is -2.38. The molecule has 1 aromatic carbocycles. The summed E-state index contributed by atoms with van der Waals surface area (Å²) in [6.45, 7) is 8.60. The Morgan fingerprint density at radius 3 is 2.39 bits per heavy atom. The molecule has 3 N–H and O–H groups in total. The number of carbonyl (C=O) groups excluding carboxylic acids is 1. The third-order valence-electron chi connectivity index (χ3n) is 7.19. The van der Waals surface area contributed by atoms with Gasteiger partial charge in [-0.25, -0.2) is 4.98 Å². The minimum Gasteiger partial charge on any atom is -0.491 e. The van der Waals surface area contributed by atoms with Gasteiger partial charge in [-0.2, -0.15) is 4.63 Å². The second-order valence-electron chi connectivity index (χ2n) is 11.1. The minimum absolute atomic E-state index is 0.0508. The van der Waals surface area contributed by atoms with Crippen molar-refractivity contribution in [1.82, 2.24) is 25.1 Å². The third-order valence-corrected chi connectivity index (χ3v) is 7.57. The molecule has 0 saturated heterocycles. The van der Waals surface area contributed by atoms with Crippen molar-refractivity contribution in [3.63, 3.8) is 0 Å². The fourth-order valence-electron chi connectivity index (χ4n) is 4.83. The van der Waals surface area contributed by atoms with Gasteiger partial charge in [-0.05, 0) is 49.4 Å². The van der Waals surface area contributed by atoms with Gasteiger partial charge in [-0.3, -0.25) is 9.89 Å². The van der Waals surface area contributed by atoms with E-state index in [1.807, 2.05) is 32.9 Å². The molecule has 0 saturated carbocycles. The molecule has 1 atom stereocenters. The zero-order valence-corrected chi connectivity index (χ0v) is 25.9. The van der Waals surface area contributed by atoms with Gasteiger partial charge in [0.2, 0.25) is 0 Å². The molecule has 9 nitrogen and oxygen atoms in total. The Morgan fingerprint density at radius 1 is 1.10 bits per heavy atom. The first kappa shape index (κ1) is 32.7. The monoisotopic (exact) mass is 589 g/mol. The van der Waals surface area contributed by atoms with Crippen LogP contribution in [0.15, 0.2) is 18.2 Å². The van der Waals surface area contributed by atoms with Crippen LogP contribution in [0.3, 0.4) is 0 Å². The molecular weight excluding hydrogens is 542 g/mol. The quantitative estimate of drug-likeness (QED) is 0.124. The van der Waals surface area contributed by atoms with Crippen LogP contribution in [0.5, 0.6) is 11.5 Å². The van der Waals surface area contributed by atoms with Gasteiger partial charge in [-0.1, -0.05) is 90.2 Å². The van der Waals surface area contributed by atoms with Crippen LogP contribution in [-0.2, 0) is 11.3 Å². The van der Waals surface area contributed by atoms with Gasteiger partial charge in [0.25, 0.3) is 5.91 Å². The molecule has 228 valence electrons. The highest BCUT2D eigenvalue weighted by Crippen LogP contribution is 2.27. The number of H-pyrrole nitrogens is 1. The summed E-state index contributed by atoms with van der Waals surface area (Å²) in [4.78, 5) is 17.8. The number of hydrogen-bond acceptors (Lipinski definition) is 6. The number of ether oxygens (including phenoxy) is 2. The number of aryl methyl sites for hydroxylation is 1. The molecule has 0 aliphatic rings. The number of amides is 1. The molecule has 0 radical (unpaired) electrons. The molecule has 3 aromatic rings. The number of aliphatic hydroxyl groups is 1. The van der Waals surface area contributed by atoms with E-state index in [1.54, 1.807) is 10.7 Å². The third kappa shape index (κ3) is 10.2. The summed E-state index contributed by atoms with van der Waals surface area (Å²) in [6, 6.07) is 5.47. The lowest BCUT2D eigenvalue weighted by atomic mass is 10.0. The second-order valence-corrected chi connectivity index (χ2v) is 11.4. The van der Waals surface area contributed by atoms with E-state index >= 15 is 0 Å². The Kier molecular flexibility index (Phi) is 13.8. The molecule has 2 aromatic heterocycles. The van der Waals surface area contributed by atoms with Gasteiger partial charge in [-0.15, -0.1) is 5.10 Å². The number of aromatic amines is 1. The molecule has 0 spiro atoms. The van der Waals surface area contributed by atoms with Crippen molar-refractivity contribution < 1.29 is 19.4 Å². The number of fused-ring (bicyclic) bond motifs is 1. The highest BCUT2D eigenvalue weighted by Gasteiger charge is 2.22. The van der Waals surface area contributed by atoms with Gasteiger partial charge in [0.1, 0.15) is 23.1 Å². The number of benzene rings is 1. The van der Waals surface area contributed by atoms with Gasteiger partial charge >= 0.3 is 0 Å². The van der Waals surface area contributed by atoms with Crippen LogP contribution < -0.4 is 14.8 Å². The van der Waals surface area contributed by atoms with Crippen molar-refractivity contribution in [1.29, 1.82) is 0 Å². The molecule has 10 heteroatoms. The number of carbonyl (C=O) groups is 1. The first-order valence-electron chi connectivity index (χ1n) is 15.3. The van der Waals surface area contributed by atoms with Gasteiger partial charge in [0, 0.05) is 0 Å². The topological polar surface area (TPSA) is 114 Å². The van der Waals surface area contributed by atoms with Gasteiger partial charge in [0.15, 0.2) is 17.6 Å². The largest absolute Gasteiger partial charge is 0.491 e. The average molecular weight is 590 g/mol. The fraction of sp³-hybridized carbons (Fsp3) is 0.645. The Morgan fingerprint density at radius 2 is 1.78 bits per heavy atom. The van der Waals surface area contributed by atoms with E-state index in [2.05, 4.69) is 27.4 Å². The van der Waals surface area contributed by atoms with Crippen LogP contribution in [0.2, 0.25) is 5.02 Å². The number of unbranched alkanes of at least 4 members (excludes halogenated alkanes) is 9. The van der Waals surface area contributed by atoms with E-state index < -0.39 is 6.10 Å². The molecule has 41 heavy (non-hydrogen) atoms. The van der Waals surface area contributed by atoms with E-state index in [0.29, 0.717) is 34.4 Å². The van der Waals surface area contributed by atoms with Crippen molar-refractivity contribution in [2.45, 2.75) is 117 Å². The van der Waals surface area contributed by atoms with Crippen molar-refractivity contribution >= 4 is 23.2 Å². The SMILES string of the molecule is CCCCCCCCCCCCC(Oc1ccc(OCCO)c(C)c1)C(=O)NCc1nc2c(Cl)c(C(C)C)[nH]n2n1. The number of rotatable bonds is 20. The highest BCUT2D eigenvalue weighted by atomic mass is 35.5. The lowest BCUT2D eigenvalue weighted by molar-refractivity contribution is -0.128. The number of nitrogens with zero attached hydrogens (tertiary/aromatic N) is 3. The maximum atomic E-state index is 13.3. The minimum atomic E-state index is -0.642. The Bertz CT molecular complexity index is 1210. The van der Waals surface area contributed by atoms with E-state index in [0.717, 1.165) is 24.1 Å². The summed E-state index contributed by atoms with van der Waals surface area (Å²) in [5.41, 5.74) is 2.31. The lowest BCUT2D eigenvalue weighted by Gasteiger charge is -2.19. The predicted molar refractivity (Wildman–Crippen MR) is 163 cm³/mol. The maximum absolute atomic E-state index is 13.3. The zero-order valence-electron chi connectivity index (χ0n) is 25.2. The summed E-state index contributed by atoms with van der Waals surface area (Å²) in [5, 5.41) is 20.2. The molecule has 3 rings (SSSR count). The normalized spacial score (nSPS) is 12.3. The number of hydrogen-bond donors (Lipinski definition) is 3. The van der Waals surface area contributed by atoms with E-state index in [9.17, 15) is 4.79 Å². The summed E-state index contributed by atoms with van der Waals surface area (Å²) >= 11 is 6.47. The Labute approximate surface area is 249 Å². The summed E-state index contributed by atoms with van der Waals surface area (Å²) in [5.74, 6) is 1.78. The number of nitrogens with one attached hydrogen (secondary N) is 2. The summed E-state index contributed by atoms with van der Waals surface area (Å²) < 4.78 is 13.3. The van der Waals surface area contributed by atoms with Gasteiger partial charge in [0.05, 0.1) is 18.8 Å². The highest BCUT2D eigenvalue weighted by molar-refractivity contribution is 6.34. The molecule has 0 bridgehead atoms. The van der Waals surface area contributed by atoms with E-state index in [1.165, 1.54) is 51.4 Å². The molecule has 2 heterocycles. The molecule has 1 amide bonds. The number of aromatic nitrogens is 4. The van der Waals surface area contributed by atoms with Crippen LogP contribution in [0.25, 0.3) is 5.65 Å². The summed E-state index contributed by atoms with van der Waals surface area (Å²) in [7, 11) is 0. The predicted octanol–water partition coefficient (Wildman–Crippen LogP) is 6.89. The van der Waals surface area contributed by atoms with Crippen molar-refractivity contribution in [3.05, 3.63) is 40.3 Å². The van der Waals surface area contributed by atoms with Crippen LogP contribution in [0.4, 0.5) is 0 Å². The zero-order chi connectivity index (χ0) is 29.6. The Balaban J connectivity index is 1.56. The van der Waals surface area contributed by atoms with Crippen molar-refractivity contribution in [3.8, 4) is 11.5 Å². The molecule has 1 unspecified atom stereocenters. The Hall–Kier alpha value is -2.78. The van der Waals surface area contributed by atoms with Crippen LogP contribution >= 0.6 is 11.6 Å². The summed E-state index contributed by atoms with van der Waals surface area (Å²) in [6.07, 6.45) is 12.2. The first-order chi connectivity index (χ1) is 19.8. The van der Waals surface area contributed by atoms with E-state index in [4.69, 9.17) is 26.2 Å². The second kappa shape index (κ2) is 17.2. The maximum Gasteiger partial charge on any atom is 0.261 e. The van der Waals surface area contributed by atoms with Crippen LogP contribution in [0, 0.1) is 6.92 Å². The smallest absolute Gasteiger partial charge is 0.261 e. The molecular formula is C31H48ClN5O4. The fourth-order valence-corrected chi connectivity index (χ4v) is 5.22. The number of halogens is 1. The van der Waals surface area contributed by atoms with Crippen LogP contribution in [-0.4, -0.2) is 50.1 Å². The van der Waals surface area contributed by atoms with Crippen molar-refractivity contribution in [2.24, 2.45) is 0 Å².